The highest BCUT2D eigenvalue weighted by molar-refractivity contribution is 7.97. The van der Waals surface area contributed by atoms with E-state index in [0.29, 0.717) is 17.1 Å². The van der Waals surface area contributed by atoms with Gasteiger partial charge in [0.2, 0.25) is 0 Å². The van der Waals surface area contributed by atoms with E-state index < -0.39 is 29.0 Å². The Morgan fingerprint density at radius 1 is 0.528 bits per heavy atom. The van der Waals surface area contributed by atoms with E-state index in [2.05, 4.69) is 129 Å². The van der Waals surface area contributed by atoms with Crippen LogP contribution in [0.5, 0.6) is 0 Å². The maximum absolute atomic E-state index is 12.6. The summed E-state index contributed by atoms with van der Waals surface area (Å²) in [4.78, 5) is 27.4. The molecular formula is C47H47BO4S. The Morgan fingerprint density at radius 2 is 0.849 bits per heavy atom. The number of hydrogen-bond donors (Lipinski definition) is 0. The van der Waals surface area contributed by atoms with Crippen LogP contribution in [0, 0.1) is 0 Å². The lowest BCUT2D eigenvalue weighted by atomic mass is 9.10. The van der Waals surface area contributed by atoms with Crippen molar-refractivity contribution in [1.29, 1.82) is 0 Å². The van der Waals surface area contributed by atoms with Gasteiger partial charge in [-0.1, -0.05) is 178 Å². The van der Waals surface area contributed by atoms with Gasteiger partial charge in [-0.15, -0.1) is 0 Å². The zero-order valence-corrected chi connectivity index (χ0v) is 31.7. The molecule has 0 aliphatic rings. The molecule has 53 heavy (non-hydrogen) atoms. The van der Waals surface area contributed by atoms with Gasteiger partial charge in [0.05, 0.1) is 31.3 Å². The van der Waals surface area contributed by atoms with E-state index in [0.717, 1.165) is 21.8 Å². The van der Waals surface area contributed by atoms with Crippen molar-refractivity contribution in [2.75, 3.05) is 20.0 Å². The van der Waals surface area contributed by atoms with E-state index in [1.165, 1.54) is 30.6 Å². The fourth-order valence-electron chi connectivity index (χ4n) is 7.28. The summed E-state index contributed by atoms with van der Waals surface area (Å²) in [6.07, 6.45) is 0.177. The smallest absolute Gasteiger partial charge is 0.345 e. The van der Waals surface area contributed by atoms with Crippen molar-refractivity contribution in [3.63, 3.8) is 0 Å². The molecule has 1 unspecified atom stereocenters. The molecule has 6 aromatic rings. The van der Waals surface area contributed by atoms with E-state index in [1.54, 1.807) is 0 Å². The SMILES string of the molecule is CCC(C)[B-](c1ccccc1)(c1ccccc1)c1ccccc1.COC(=O)C(C(=O)OC)=C(C[S+](c1ccccc1)c1ccccc1)c1ccccc1. The molecule has 0 aliphatic carbocycles. The lowest BCUT2D eigenvalue weighted by molar-refractivity contribution is -0.143. The number of carbonyl (C=O) groups is 2. The van der Waals surface area contributed by atoms with E-state index >= 15 is 0 Å². The standard InChI is InChI=1S/C25H23O4S.C22H24B/c1-28-24(26)23(25(27)29-2)22(19-12-6-3-7-13-19)18-30(20-14-8-4-9-15-20)21-16-10-5-11-17-21;1-3-19(2)23(20-13-7-4-8-14-20,21-15-9-5-10-16-21)22-17-11-6-12-18-22/h3-17H,18H2,1-2H3;4-19H,3H2,1-2H3/q+1;-1. The number of benzene rings is 6. The highest BCUT2D eigenvalue weighted by atomic mass is 32.2. The van der Waals surface area contributed by atoms with Crippen molar-refractivity contribution in [2.45, 2.75) is 35.9 Å². The molecule has 0 aromatic heterocycles. The van der Waals surface area contributed by atoms with Gasteiger partial charge in [-0.2, -0.15) is 22.2 Å². The third-order valence-corrected chi connectivity index (χ3v) is 12.3. The Kier molecular flexibility index (Phi) is 14.1. The largest absolute Gasteiger partial charge is 0.465 e. The Bertz CT molecular complexity index is 1890. The summed E-state index contributed by atoms with van der Waals surface area (Å²) in [6, 6.07) is 62.7. The van der Waals surface area contributed by atoms with Crippen LogP contribution in [-0.4, -0.2) is 38.1 Å². The van der Waals surface area contributed by atoms with Crippen molar-refractivity contribution in [1.82, 2.24) is 0 Å². The predicted molar refractivity (Wildman–Crippen MR) is 223 cm³/mol. The molecule has 1 atom stereocenters. The van der Waals surface area contributed by atoms with Gasteiger partial charge in [-0.05, 0) is 29.8 Å². The average molecular weight is 719 g/mol. The van der Waals surface area contributed by atoms with Crippen LogP contribution in [0.1, 0.15) is 25.8 Å². The second-order valence-corrected chi connectivity index (χ2v) is 14.9. The molecule has 0 N–H and O–H groups in total. The van der Waals surface area contributed by atoms with Crippen LogP contribution in [0.25, 0.3) is 5.57 Å². The van der Waals surface area contributed by atoms with Crippen LogP contribution in [0.2, 0.25) is 5.82 Å². The Labute approximate surface area is 317 Å². The molecule has 0 spiro atoms. The first-order valence-corrected chi connectivity index (χ1v) is 19.4. The summed E-state index contributed by atoms with van der Waals surface area (Å²) in [5.41, 5.74) is 5.60. The Morgan fingerprint density at radius 3 is 1.17 bits per heavy atom. The molecule has 6 aromatic carbocycles. The molecule has 0 amide bonds. The monoisotopic (exact) mass is 718 g/mol. The van der Waals surface area contributed by atoms with Gasteiger partial charge in [0.25, 0.3) is 0 Å². The van der Waals surface area contributed by atoms with Gasteiger partial charge in [-0.25, -0.2) is 9.59 Å². The molecule has 0 heterocycles. The molecule has 0 fully saturated rings. The van der Waals surface area contributed by atoms with Crippen LogP contribution >= 0.6 is 0 Å². The number of carbonyl (C=O) groups excluding carboxylic acids is 2. The third-order valence-electron chi connectivity index (χ3n) is 10.0. The number of esters is 2. The van der Waals surface area contributed by atoms with Crippen LogP contribution in [-0.2, 0) is 30.0 Å². The maximum Gasteiger partial charge on any atom is 0.345 e. The fourth-order valence-corrected chi connectivity index (χ4v) is 9.45. The number of rotatable bonds is 12. The zero-order valence-electron chi connectivity index (χ0n) is 30.9. The maximum atomic E-state index is 12.6. The third kappa shape index (κ3) is 9.08. The van der Waals surface area contributed by atoms with Crippen LogP contribution in [0.4, 0.5) is 0 Å². The van der Waals surface area contributed by atoms with Crippen molar-refractivity contribution in [3.8, 4) is 0 Å². The zero-order chi connectivity index (χ0) is 37.5. The van der Waals surface area contributed by atoms with Crippen molar-refractivity contribution in [2.24, 2.45) is 0 Å². The lowest BCUT2D eigenvalue weighted by Crippen LogP contribution is -2.69. The quantitative estimate of drug-likeness (QED) is 0.0318. The first kappa shape index (κ1) is 38.6. The summed E-state index contributed by atoms with van der Waals surface area (Å²) in [6.45, 7) is 4.70. The molecule has 0 aliphatic heterocycles. The van der Waals surface area contributed by atoms with Crippen molar-refractivity contribution >= 4 is 50.9 Å². The molecule has 0 saturated carbocycles. The summed E-state index contributed by atoms with van der Waals surface area (Å²) in [7, 11) is 2.12. The van der Waals surface area contributed by atoms with Crippen molar-refractivity contribution < 1.29 is 19.1 Å². The minimum atomic E-state index is -0.974. The van der Waals surface area contributed by atoms with Gasteiger partial charge < -0.3 is 9.47 Å². The normalized spacial score (nSPS) is 11.4. The summed E-state index contributed by atoms with van der Waals surface area (Å²) < 4.78 is 9.87. The minimum Gasteiger partial charge on any atom is -0.465 e. The summed E-state index contributed by atoms with van der Waals surface area (Å²) >= 11 is 0. The van der Waals surface area contributed by atoms with Crippen LogP contribution in [0.3, 0.4) is 0 Å². The molecule has 4 nitrogen and oxygen atoms in total. The topological polar surface area (TPSA) is 52.6 Å². The van der Waals surface area contributed by atoms with Gasteiger partial charge in [0, 0.05) is 5.57 Å². The average Bonchev–Trinajstić information content (AvgIpc) is 3.24. The molecule has 0 saturated heterocycles. The molecule has 6 heteroatoms. The Hall–Kier alpha value is -5.59. The van der Waals surface area contributed by atoms with Gasteiger partial charge in [0.1, 0.15) is 5.75 Å². The van der Waals surface area contributed by atoms with Gasteiger partial charge in [0.15, 0.2) is 15.4 Å². The van der Waals surface area contributed by atoms with Gasteiger partial charge in [-0.3, -0.25) is 0 Å². The van der Waals surface area contributed by atoms with E-state index in [1.807, 2.05) is 66.7 Å². The second kappa shape index (κ2) is 19.3. The van der Waals surface area contributed by atoms with Crippen LogP contribution < -0.4 is 16.4 Å². The van der Waals surface area contributed by atoms with Crippen molar-refractivity contribution in [3.05, 3.63) is 193 Å². The fraction of sp³-hybridized carbons (Fsp3) is 0.149. The first-order valence-electron chi connectivity index (χ1n) is 18.0. The van der Waals surface area contributed by atoms with E-state index in [4.69, 9.17) is 9.47 Å². The van der Waals surface area contributed by atoms with Gasteiger partial charge >= 0.3 is 11.9 Å². The molecule has 0 bridgehead atoms. The summed E-state index contributed by atoms with van der Waals surface area (Å²) in [5.74, 6) is -0.393. The molecular weight excluding hydrogens is 671 g/mol. The highest BCUT2D eigenvalue weighted by Gasteiger charge is 2.35. The molecule has 268 valence electrons. The minimum absolute atomic E-state index is 0.0736. The summed E-state index contributed by atoms with van der Waals surface area (Å²) in [5, 5.41) is 0. The first-order chi connectivity index (χ1) is 25.9. The van der Waals surface area contributed by atoms with E-state index in [-0.39, 0.29) is 5.57 Å². The highest BCUT2D eigenvalue weighted by Crippen LogP contribution is 2.31. The predicted octanol–water partition coefficient (Wildman–Crippen LogP) is 8.48. The number of ether oxygens (including phenoxy) is 2. The number of hydrogen-bond acceptors (Lipinski definition) is 4. The second-order valence-electron chi connectivity index (χ2n) is 12.9. The molecule has 6 rings (SSSR count). The lowest BCUT2D eigenvalue weighted by Gasteiger charge is -2.48. The Balaban J connectivity index is 0.000000211. The van der Waals surface area contributed by atoms with E-state index in [9.17, 15) is 9.59 Å². The number of methoxy groups -OCH3 is 2. The molecule has 0 radical (unpaired) electrons. The van der Waals surface area contributed by atoms with Crippen LogP contribution in [0.15, 0.2) is 197 Å².